The van der Waals surface area contributed by atoms with Gasteiger partial charge in [-0.3, -0.25) is 4.98 Å². The summed E-state index contributed by atoms with van der Waals surface area (Å²) >= 11 is 5.54. The van der Waals surface area contributed by atoms with Gasteiger partial charge in [0.15, 0.2) is 5.11 Å². The van der Waals surface area contributed by atoms with Crippen LogP contribution in [0.3, 0.4) is 0 Å². The van der Waals surface area contributed by atoms with Crippen LogP contribution in [-0.4, -0.2) is 21.5 Å². The van der Waals surface area contributed by atoms with Gasteiger partial charge in [-0.25, -0.2) is 0 Å². The van der Waals surface area contributed by atoms with E-state index in [0.29, 0.717) is 0 Å². The van der Waals surface area contributed by atoms with Gasteiger partial charge in [0.1, 0.15) is 0 Å². The van der Waals surface area contributed by atoms with E-state index in [0.717, 1.165) is 23.9 Å². The molecular weight excluding hydrogens is 278 g/mol. The SMILES string of the molecule is CCN(Cc1ccncc1)C(=S)Nc1cc(C)cc(C)c1. The molecule has 0 saturated carbocycles. The summed E-state index contributed by atoms with van der Waals surface area (Å²) in [5.41, 5.74) is 4.72. The Bertz CT molecular complexity index is 590. The molecule has 4 heteroatoms. The van der Waals surface area contributed by atoms with E-state index < -0.39 is 0 Å². The molecule has 21 heavy (non-hydrogen) atoms. The summed E-state index contributed by atoms with van der Waals surface area (Å²) in [5.74, 6) is 0. The third-order valence-corrected chi connectivity index (χ3v) is 3.62. The molecule has 0 aliphatic heterocycles. The Kier molecular flexibility index (Phi) is 5.28. The monoisotopic (exact) mass is 299 g/mol. The normalized spacial score (nSPS) is 10.2. The number of hydrogen-bond donors (Lipinski definition) is 1. The van der Waals surface area contributed by atoms with Gasteiger partial charge in [-0.15, -0.1) is 0 Å². The lowest BCUT2D eigenvalue weighted by Crippen LogP contribution is -2.34. The fourth-order valence-corrected chi connectivity index (χ4v) is 2.60. The molecule has 0 amide bonds. The topological polar surface area (TPSA) is 28.2 Å². The van der Waals surface area contributed by atoms with Gasteiger partial charge in [0.05, 0.1) is 0 Å². The highest BCUT2D eigenvalue weighted by Crippen LogP contribution is 2.15. The number of thiocarbonyl (C=S) groups is 1. The second kappa shape index (κ2) is 7.18. The van der Waals surface area contributed by atoms with E-state index in [4.69, 9.17) is 12.2 Å². The summed E-state index contributed by atoms with van der Waals surface area (Å²) in [6.45, 7) is 7.94. The molecule has 0 saturated heterocycles. The molecule has 0 spiro atoms. The van der Waals surface area contributed by atoms with Gasteiger partial charge < -0.3 is 10.2 Å². The Morgan fingerprint density at radius 3 is 2.33 bits per heavy atom. The van der Waals surface area contributed by atoms with Gasteiger partial charge in [-0.05, 0) is 73.9 Å². The molecule has 1 N–H and O–H groups in total. The van der Waals surface area contributed by atoms with Gasteiger partial charge in [0.2, 0.25) is 0 Å². The highest BCUT2D eigenvalue weighted by atomic mass is 32.1. The Morgan fingerprint density at radius 1 is 1.14 bits per heavy atom. The first-order chi connectivity index (χ1) is 10.1. The van der Waals surface area contributed by atoms with Crippen molar-refractivity contribution in [1.82, 2.24) is 9.88 Å². The Labute approximate surface area is 132 Å². The molecule has 1 aromatic carbocycles. The van der Waals surface area contributed by atoms with Crippen molar-refractivity contribution in [2.75, 3.05) is 11.9 Å². The fourth-order valence-electron chi connectivity index (χ4n) is 2.29. The average molecular weight is 299 g/mol. The molecule has 110 valence electrons. The first-order valence-electron chi connectivity index (χ1n) is 7.11. The summed E-state index contributed by atoms with van der Waals surface area (Å²) in [5, 5.41) is 4.09. The third-order valence-electron chi connectivity index (χ3n) is 3.26. The van der Waals surface area contributed by atoms with Crippen LogP contribution in [0.15, 0.2) is 42.7 Å². The highest BCUT2D eigenvalue weighted by molar-refractivity contribution is 7.80. The van der Waals surface area contributed by atoms with Crippen molar-refractivity contribution in [2.45, 2.75) is 27.3 Å². The van der Waals surface area contributed by atoms with Crippen LogP contribution in [0, 0.1) is 13.8 Å². The number of nitrogens with zero attached hydrogens (tertiary/aromatic N) is 2. The Morgan fingerprint density at radius 2 is 1.76 bits per heavy atom. The molecule has 0 fully saturated rings. The molecule has 2 aromatic rings. The Hall–Kier alpha value is -1.94. The minimum absolute atomic E-state index is 0.749. The van der Waals surface area contributed by atoms with E-state index in [-0.39, 0.29) is 0 Å². The van der Waals surface area contributed by atoms with Crippen molar-refractivity contribution in [3.63, 3.8) is 0 Å². The van der Waals surface area contributed by atoms with Crippen LogP contribution in [0.4, 0.5) is 5.69 Å². The van der Waals surface area contributed by atoms with E-state index in [2.05, 4.69) is 54.2 Å². The van der Waals surface area contributed by atoms with Crippen LogP contribution >= 0.6 is 12.2 Å². The lowest BCUT2D eigenvalue weighted by Gasteiger charge is -2.24. The number of nitrogens with one attached hydrogen (secondary N) is 1. The van der Waals surface area contributed by atoms with Gasteiger partial charge in [-0.2, -0.15) is 0 Å². The van der Waals surface area contributed by atoms with Crippen LogP contribution < -0.4 is 5.32 Å². The number of anilines is 1. The number of hydrogen-bond acceptors (Lipinski definition) is 2. The van der Waals surface area contributed by atoms with Crippen molar-refractivity contribution < 1.29 is 0 Å². The molecular formula is C17H21N3S. The summed E-state index contributed by atoms with van der Waals surface area (Å²) in [4.78, 5) is 6.18. The molecule has 1 heterocycles. The molecule has 2 rings (SSSR count). The van der Waals surface area contributed by atoms with Crippen molar-refractivity contribution in [1.29, 1.82) is 0 Å². The molecule has 3 nitrogen and oxygen atoms in total. The van der Waals surface area contributed by atoms with Crippen molar-refractivity contribution in [3.8, 4) is 0 Å². The van der Waals surface area contributed by atoms with Gasteiger partial charge in [0.25, 0.3) is 0 Å². The van der Waals surface area contributed by atoms with Crippen molar-refractivity contribution >= 4 is 23.0 Å². The molecule has 0 bridgehead atoms. The minimum atomic E-state index is 0.749. The molecule has 0 atom stereocenters. The largest absolute Gasteiger partial charge is 0.345 e. The number of aryl methyl sites for hydroxylation is 2. The van der Waals surface area contributed by atoms with E-state index in [9.17, 15) is 0 Å². The zero-order chi connectivity index (χ0) is 15.2. The number of pyridine rings is 1. The molecule has 0 radical (unpaired) electrons. The summed E-state index contributed by atoms with van der Waals surface area (Å²) in [7, 11) is 0. The highest BCUT2D eigenvalue weighted by Gasteiger charge is 2.09. The number of benzene rings is 1. The van der Waals surface area contributed by atoms with E-state index >= 15 is 0 Å². The van der Waals surface area contributed by atoms with E-state index in [1.165, 1.54) is 16.7 Å². The molecule has 0 aliphatic rings. The smallest absolute Gasteiger partial charge is 0.173 e. The molecule has 0 aliphatic carbocycles. The zero-order valence-corrected chi connectivity index (χ0v) is 13.6. The van der Waals surface area contributed by atoms with E-state index in [1.54, 1.807) is 0 Å². The third kappa shape index (κ3) is 4.53. The number of rotatable bonds is 4. The molecule has 1 aromatic heterocycles. The van der Waals surface area contributed by atoms with E-state index in [1.807, 2.05) is 24.5 Å². The maximum absolute atomic E-state index is 5.54. The van der Waals surface area contributed by atoms with Gasteiger partial charge >= 0.3 is 0 Å². The first kappa shape index (κ1) is 15.4. The van der Waals surface area contributed by atoms with Crippen LogP contribution in [0.5, 0.6) is 0 Å². The van der Waals surface area contributed by atoms with Crippen molar-refractivity contribution in [2.24, 2.45) is 0 Å². The Balaban J connectivity index is 2.06. The van der Waals surface area contributed by atoms with Gasteiger partial charge in [0, 0.05) is 31.2 Å². The maximum atomic E-state index is 5.54. The maximum Gasteiger partial charge on any atom is 0.173 e. The minimum Gasteiger partial charge on any atom is -0.345 e. The quantitative estimate of drug-likeness (QED) is 0.866. The lowest BCUT2D eigenvalue weighted by atomic mass is 10.1. The predicted molar refractivity (Wildman–Crippen MR) is 92.5 cm³/mol. The lowest BCUT2D eigenvalue weighted by molar-refractivity contribution is 0.442. The second-order valence-electron chi connectivity index (χ2n) is 5.18. The molecule has 0 unspecified atom stereocenters. The predicted octanol–water partition coefficient (Wildman–Crippen LogP) is 3.92. The zero-order valence-electron chi connectivity index (χ0n) is 12.8. The second-order valence-corrected chi connectivity index (χ2v) is 5.56. The van der Waals surface area contributed by atoms with Crippen LogP contribution in [-0.2, 0) is 6.54 Å². The van der Waals surface area contributed by atoms with Crippen LogP contribution in [0.2, 0.25) is 0 Å². The number of aromatic nitrogens is 1. The van der Waals surface area contributed by atoms with Gasteiger partial charge in [-0.1, -0.05) is 6.07 Å². The fraction of sp³-hybridized carbons (Fsp3) is 0.294. The standard InChI is InChI=1S/C17H21N3S/c1-4-20(12-15-5-7-18-8-6-15)17(21)19-16-10-13(2)9-14(3)11-16/h5-11H,4,12H2,1-3H3,(H,19,21). The van der Waals surface area contributed by atoms with Crippen LogP contribution in [0.1, 0.15) is 23.6 Å². The average Bonchev–Trinajstić information content (AvgIpc) is 2.44. The summed E-state index contributed by atoms with van der Waals surface area (Å²) in [6.07, 6.45) is 3.62. The summed E-state index contributed by atoms with van der Waals surface area (Å²) < 4.78 is 0. The summed E-state index contributed by atoms with van der Waals surface area (Å²) in [6, 6.07) is 10.4. The first-order valence-corrected chi connectivity index (χ1v) is 7.52. The van der Waals surface area contributed by atoms with Crippen molar-refractivity contribution in [3.05, 3.63) is 59.4 Å². The van der Waals surface area contributed by atoms with Crippen LogP contribution in [0.25, 0.3) is 0 Å².